The molecule has 0 aromatic rings. The molecule has 19 heavy (non-hydrogen) atoms. The molecule has 2 saturated heterocycles. The fourth-order valence-corrected chi connectivity index (χ4v) is 5.54. The van der Waals surface area contributed by atoms with Gasteiger partial charge in [-0.1, -0.05) is 12.8 Å². The van der Waals surface area contributed by atoms with Crippen LogP contribution in [0.1, 0.15) is 57.8 Å². The minimum atomic E-state index is -0.0411. The molecule has 3 fully saturated rings. The predicted octanol–water partition coefficient (Wildman–Crippen LogP) is 3.62. The molecule has 2 aliphatic heterocycles. The lowest BCUT2D eigenvalue weighted by atomic mass is 9.78. The van der Waals surface area contributed by atoms with E-state index < -0.39 is 0 Å². The molecule has 3 heteroatoms. The summed E-state index contributed by atoms with van der Waals surface area (Å²) in [4.78, 5) is 0. The van der Waals surface area contributed by atoms with Gasteiger partial charge in [-0.05, 0) is 68.3 Å². The van der Waals surface area contributed by atoms with Gasteiger partial charge in [0.25, 0.3) is 0 Å². The second-order valence-corrected chi connectivity index (χ2v) is 8.08. The van der Waals surface area contributed by atoms with E-state index in [2.05, 4.69) is 11.8 Å². The average Bonchev–Trinajstić information content (AvgIpc) is 2.93. The normalized spacial score (nSPS) is 33.6. The third kappa shape index (κ3) is 3.48. The maximum atomic E-state index is 10.4. The van der Waals surface area contributed by atoms with E-state index in [9.17, 15) is 5.11 Å². The Bertz CT molecular complexity index is 277. The molecule has 0 amide bonds. The molecule has 0 aromatic carbocycles. The van der Waals surface area contributed by atoms with E-state index in [1.807, 2.05) is 0 Å². The lowest BCUT2D eigenvalue weighted by Crippen LogP contribution is -2.43. The van der Waals surface area contributed by atoms with Gasteiger partial charge in [-0.25, -0.2) is 0 Å². The molecule has 0 bridgehead atoms. The van der Waals surface area contributed by atoms with Gasteiger partial charge >= 0.3 is 0 Å². The number of hydrogen-bond donors (Lipinski definition) is 1. The van der Waals surface area contributed by atoms with E-state index in [0.29, 0.717) is 11.8 Å². The van der Waals surface area contributed by atoms with Crippen molar-refractivity contribution in [3.63, 3.8) is 0 Å². The fourth-order valence-electron chi connectivity index (χ4n) is 4.30. The Balaban J connectivity index is 1.52. The lowest BCUT2D eigenvalue weighted by molar-refractivity contribution is -0.108. The van der Waals surface area contributed by atoms with E-state index in [1.165, 1.54) is 62.9 Å². The summed E-state index contributed by atoms with van der Waals surface area (Å²) in [6, 6.07) is 0. The predicted molar refractivity (Wildman–Crippen MR) is 80.5 cm³/mol. The molecule has 1 aliphatic carbocycles. The maximum absolute atomic E-state index is 10.4. The standard InChI is InChI=1S/C16H28O2S/c17-15(14-3-1-2-4-14)11-13-5-8-18-16(12-13)6-9-19-10-7-16/h13-15,17H,1-12H2. The number of thioether (sulfide) groups is 1. The monoisotopic (exact) mass is 284 g/mol. The summed E-state index contributed by atoms with van der Waals surface area (Å²) in [7, 11) is 0. The van der Waals surface area contributed by atoms with E-state index in [1.54, 1.807) is 0 Å². The van der Waals surface area contributed by atoms with Gasteiger partial charge in [0.2, 0.25) is 0 Å². The third-order valence-corrected chi connectivity index (χ3v) is 6.50. The van der Waals surface area contributed by atoms with E-state index in [4.69, 9.17) is 4.74 Å². The summed E-state index contributed by atoms with van der Waals surface area (Å²) in [5.41, 5.74) is 0.184. The van der Waals surface area contributed by atoms with Crippen LogP contribution in [0.5, 0.6) is 0 Å². The van der Waals surface area contributed by atoms with Crippen LogP contribution in [0.4, 0.5) is 0 Å². The van der Waals surface area contributed by atoms with Crippen molar-refractivity contribution in [2.75, 3.05) is 18.1 Å². The van der Waals surface area contributed by atoms with Crippen LogP contribution in [0.15, 0.2) is 0 Å². The topological polar surface area (TPSA) is 29.5 Å². The first-order valence-corrected chi connectivity index (χ1v) is 9.33. The zero-order valence-corrected chi connectivity index (χ0v) is 12.8. The van der Waals surface area contributed by atoms with Crippen molar-refractivity contribution in [3.05, 3.63) is 0 Å². The van der Waals surface area contributed by atoms with Crippen LogP contribution < -0.4 is 0 Å². The largest absolute Gasteiger partial charge is 0.393 e. The van der Waals surface area contributed by atoms with Crippen LogP contribution in [0.2, 0.25) is 0 Å². The highest BCUT2D eigenvalue weighted by Crippen LogP contribution is 2.42. The summed E-state index contributed by atoms with van der Waals surface area (Å²) in [5.74, 6) is 3.82. The number of aliphatic hydroxyl groups is 1. The zero-order chi connectivity index (χ0) is 13.1. The highest BCUT2D eigenvalue weighted by atomic mass is 32.2. The van der Waals surface area contributed by atoms with Gasteiger partial charge in [-0.3, -0.25) is 0 Å². The van der Waals surface area contributed by atoms with Crippen LogP contribution >= 0.6 is 11.8 Å². The number of hydrogen-bond acceptors (Lipinski definition) is 3. The van der Waals surface area contributed by atoms with Gasteiger partial charge in [-0.15, -0.1) is 0 Å². The van der Waals surface area contributed by atoms with Crippen LogP contribution in [0.3, 0.4) is 0 Å². The molecule has 1 saturated carbocycles. The summed E-state index contributed by atoms with van der Waals surface area (Å²) in [6.45, 7) is 0.923. The number of rotatable bonds is 3. The number of ether oxygens (including phenoxy) is 1. The van der Waals surface area contributed by atoms with Gasteiger partial charge in [-0.2, -0.15) is 11.8 Å². The Kier molecular flexibility index (Phi) is 4.76. The van der Waals surface area contributed by atoms with Crippen LogP contribution in [0.25, 0.3) is 0 Å². The second-order valence-electron chi connectivity index (χ2n) is 6.85. The van der Waals surface area contributed by atoms with Crippen molar-refractivity contribution in [1.29, 1.82) is 0 Å². The quantitative estimate of drug-likeness (QED) is 0.858. The molecular weight excluding hydrogens is 256 g/mol. The molecule has 0 aromatic heterocycles. The van der Waals surface area contributed by atoms with Crippen molar-refractivity contribution >= 4 is 11.8 Å². The average molecular weight is 284 g/mol. The fraction of sp³-hybridized carbons (Fsp3) is 1.00. The zero-order valence-electron chi connectivity index (χ0n) is 12.0. The Labute approximate surface area is 121 Å². The smallest absolute Gasteiger partial charge is 0.0701 e. The minimum absolute atomic E-state index is 0.0411. The Morgan fingerprint density at radius 3 is 2.63 bits per heavy atom. The summed E-state index contributed by atoms with van der Waals surface area (Å²) < 4.78 is 6.15. The van der Waals surface area contributed by atoms with Crippen molar-refractivity contribution in [3.8, 4) is 0 Å². The summed E-state index contributed by atoms with van der Waals surface area (Å²) >= 11 is 2.07. The molecular formula is C16H28O2S. The minimum Gasteiger partial charge on any atom is -0.393 e. The molecule has 0 radical (unpaired) electrons. The third-order valence-electron chi connectivity index (χ3n) is 5.52. The molecule has 1 spiro atoms. The van der Waals surface area contributed by atoms with Gasteiger partial charge < -0.3 is 9.84 Å². The Hall–Kier alpha value is 0.270. The lowest BCUT2D eigenvalue weighted by Gasteiger charge is -2.44. The van der Waals surface area contributed by atoms with Crippen molar-refractivity contribution in [2.45, 2.75) is 69.5 Å². The summed E-state index contributed by atoms with van der Waals surface area (Å²) in [5, 5.41) is 10.4. The van der Waals surface area contributed by atoms with Crippen molar-refractivity contribution < 1.29 is 9.84 Å². The first kappa shape index (κ1) is 14.2. The molecule has 110 valence electrons. The van der Waals surface area contributed by atoms with Crippen LogP contribution in [0, 0.1) is 11.8 Å². The van der Waals surface area contributed by atoms with E-state index in [0.717, 1.165) is 13.0 Å². The number of aliphatic hydroxyl groups excluding tert-OH is 1. The van der Waals surface area contributed by atoms with Crippen molar-refractivity contribution in [1.82, 2.24) is 0 Å². The van der Waals surface area contributed by atoms with Crippen LogP contribution in [-0.4, -0.2) is 34.9 Å². The first-order chi connectivity index (χ1) is 9.27. The van der Waals surface area contributed by atoms with Crippen LogP contribution in [-0.2, 0) is 4.74 Å². The van der Waals surface area contributed by atoms with Gasteiger partial charge in [0.15, 0.2) is 0 Å². The molecule has 2 unspecified atom stereocenters. The Morgan fingerprint density at radius 2 is 1.89 bits per heavy atom. The first-order valence-electron chi connectivity index (χ1n) is 8.17. The summed E-state index contributed by atoms with van der Waals surface area (Å²) in [6.07, 6.45) is 11.0. The molecule has 2 heterocycles. The van der Waals surface area contributed by atoms with Crippen molar-refractivity contribution in [2.24, 2.45) is 11.8 Å². The molecule has 2 atom stereocenters. The molecule has 3 rings (SSSR count). The molecule has 2 nitrogen and oxygen atoms in total. The van der Waals surface area contributed by atoms with E-state index >= 15 is 0 Å². The SMILES string of the molecule is OC(CC1CCOC2(CCSCC2)C1)C1CCCC1. The highest BCUT2D eigenvalue weighted by Gasteiger charge is 2.39. The van der Waals surface area contributed by atoms with Gasteiger partial charge in [0.05, 0.1) is 11.7 Å². The maximum Gasteiger partial charge on any atom is 0.0701 e. The van der Waals surface area contributed by atoms with E-state index in [-0.39, 0.29) is 11.7 Å². The second kappa shape index (κ2) is 6.36. The Morgan fingerprint density at radius 1 is 1.16 bits per heavy atom. The van der Waals surface area contributed by atoms with Gasteiger partial charge in [0, 0.05) is 6.61 Å². The highest BCUT2D eigenvalue weighted by molar-refractivity contribution is 7.99. The molecule has 1 N–H and O–H groups in total. The van der Waals surface area contributed by atoms with Gasteiger partial charge in [0.1, 0.15) is 0 Å². The molecule has 3 aliphatic rings.